The predicted molar refractivity (Wildman–Crippen MR) is 270 cm³/mol. The number of carbonyl (C=O) groups is 2. The number of amides is 2. The monoisotopic (exact) mass is 1070 g/mol. The van der Waals surface area contributed by atoms with E-state index < -0.39 is 41.3 Å². The molecule has 6 N–H and O–H groups in total. The highest BCUT2D eigenvalue weighted by Gasteiger charge is 2.32. The van der Waals surface area contributed by atoms with Crippen molar-refractivity contribution in [2.45, 2.75) is 12.3 Å². The van der Waals surface area contributed by atoms with Crippen LogP contribution in [0.4, 0.5) is 68.2 Å². The Morgan fingerprint density at radius 1 is 0.597 bits per heavy atom. The topological polar surface area (TPSA) is 260 Å². The van der Waals surface area contributed by atoms with Gasteiger partial charge in [-0.05, 0) is 72.3 Å². The van der Waals surface area contributed by atoms with Gasteiger partial charge in [-0.1, -0.05) is 11.6 Å². The fourth-order valence-corrected chi connectivity index (χ4v) is 8.20. The van der Waals surface area contributed by atoms with Gasteiger partial charge in [0.2, 0.25) is 11.9 Å². The van der Waals surface area contributed by atoms with Crippen LogP contribution in [0.25, 0.3) is 22.4 Å². The molecule has 2 aliphatic heterocycles. The quantitative estimate of drug-likeness (QED) is 0.0433. The average molecular weight is 1080 g/mol. The van der Waals surface area contributed by atoms with Gasteiger partial charge in [0, 0.05) is 59.6 Å². The number of rotatable bonds is 15. The molecule has 0 radical (unpaired) electrons. The number of ether oxygens (including phenoxy) is 2. The number of aromatic nitrogens is 10. The molecule has 1 atom stereocenters. The van der Waals surface area contributed by atoms with Crippen molar-refractivity contribution in [1.29, 1.82) is 0 Å². The number of hydrogen-bond acceptors (Lipinski definition) is 20. The third-order valence-electron chi connectivity index (χ3n) is 11.6. The lowest BCUT2D eigenvalue weighted by atomic mass is 10.0. The summed E-state index contributed by atoms with van der Waals surface area (Å²) in [5, 5.41) is 6.50. The van der Waals surface area contributed by atoms with Gasteiger partial charge in [0.25, 0.3) is 11.8 Å². The molecule has 392 valence electrons. The molecule has 2 saturated heterocycles. The first-order valence-corrected chi connectivity index (χ1v) is 23.6. The fourth-order valence-electron chi connectivity index (χ4n) is 7.96. The molecule has 2 aliphatic rings. The first kappa shape index (κ1) is 51.2. The molecule has 0 spiro atoms. The molecule has 8 aromatic rings. The van der Waals surface area contributed by atoms with Crippen LogP contribution in [0, 0.1) is 11.6 Å². The lowest BCUT2D eigenvalue weighted by Crippen LogP contribution is -2.40. The predicted octanol–water partition coefficient (Wildman–Crippen LogP) is 7.34. The summed E-state index contributed by atoms with van der Waals surface area (Å²) in [6.07, 6.45) is 4.85. The lowest BCUT2D eigenvalue weighted by molar-refractivity contribution is -0.137. The summed E-state index contributed by atoms with van der Waals surface area (Å²) in [5.41, 5.74) is 12.9. The van der Waals surface area contributed by atoms with Gasteiger partial charge in [0.1, 0.15) is 30.1 Å². The van der Waals surface area contributed by atoms with Gasteiger partial charge in [-0.15, -0.1) is 0 Å². The largest absolute Gasteiger partial charge is 0.416 e. The van der Waals surface area contributed by atoms with E-state index in [-0.39, 0.29) is 65.9 Å². The SMILES string of the molecule is O=C(NNc1ncc(F)c(N2CCOCC2)n1)c1ccc(Nc2cc(Cl)cc(-c3cc(C4CN(c5nc(NNC(=O)c6ccc(Nc7cc(-c8cncnc8)cc(C(F)(F)F)c7)cn6)ncc5F)CCO4)ncn3)c2)cn1. The summed E-state index contributed by atoms with van der Waals surface area (Å²) in [6.45, 7) is 2.35. The van der Waals surface area contributed by atoms with Crippen molar-refractivity contribution in [3.63, 3.8) is 0 Å². The molecule has 28 heteroatoms. The Hall–Kier alpha value is -9.34. The van der Waals surface area contributed by atoms with E-state index in [9.17, 15) is 27.2 Å². The number of nitrogens with zero attached hydrogens (tertiary/aromatic N) is 12. The van der Waals surface area contributed by atoms with E-state index in [1.54, 1.807) is 40.1 Å². The number of hydrazine groups is 2. The first-order valence-electron chi connectivity index (χ1n) is 23.2. The Morgan fingerprint density at radius 2 is 1.19 bits per heavy atom. The van der Waals surface area contributed by atoms with Crippen molar-refractivity contribution >= 4 is 69.7 Å². The normalized spacial score (nSPS) is 14.6. The Balaban J connectivity index is 0.742. The van der Waals surface area contributed by atoms with Gasteiger partial charge in [0.15, 0.2) is 23.3 Å². The first-order chi connectivity index (χ1) is 37.3. The molecule has 77 heavy (non-hydrogen) atoms. The van der Waals surface area contributed by atoms with Crippen molar-refractivity contribution < 1.29 is 41.0 Å². The Labute approximate surface area is 437 Å². The molecule has 6 aromatic heterocycles. The Bertz CT molecular complexity index is 3420. The van der Waals surface area contributed by atoms with Crippen molar-refractivity contribution in [2.75, 3.05) is 77.3 Å². The van der Waals surface area contributed by atoms with Crippen molar-refractivity contribution in [3.05, 3.63) is 156 Å². The second-order valence-electron chi connectivity index (χ2n) is 16.9. The number of nitrogens with one attached hydrogen (secondary N) is 6. The number of carbonyl (C=O) groups excluding carboxylic acids is 2. The van der Waals surface area contributed by atoms with Gasteiger partial charge < -0.3 is 29.9 Å². The Morgan fingerprint density at radius 3 is 1.81 bits per heavy atom. The van der Waals surface area contributed by atoms with Gasteiger partial charge >= 0.3 is 6.18 Å². The molecule has 2 fully saturated rings. The van der Waals surface area contributed by atoms with Crippen LogP contribution in [0.1, 0.15) is 38.3 Å². The van der Waals surface area contributed by atoms with Crippen molar-refractivity contribution in [1.82, 2.24) is 60.7 Å². The van der Waals surface area contributed by atoms with Crippen LogP contribution in [0.3, 0.4) is 0 Å². The van der Waals surface area contributed by atoms with E-state index in [2.05, 4.69) is 82.2 Å². The Kier molecular flexibility index (Phi) is 15.0. The molecule has 8 heterocycles. The molecular formula is C49H40ClF5N18O4. The highest BCUT2D eigenvalue weighted by atomic mass is 35.5. The maximum absolute atomic E-state index is 15.4. The number of hydrogen-bond donors (Lipinski definition) is 6. The van der Waals surface area contributed by atoms with Crippen LogP contribution >= 0.6 is 11.6 Å². The van der Waals surface area contributed by atoms with Crippen LogP contribution in [0.15, 0.2) is 117 Å². The molecule has 10 rings (SSSR count). The van der Waals surface area contributed by atoms with E-state index >= 15 is 4.39 Å². The summed E-state index contributed by atoms with van der Waals surface area (Å²) in [5.74, 6) is -2.77. The number of anilines is 8. The van der Waals surface area contributed by atoms with Crippen LogP contribution in [0.2, 0.25) is 5.02 Å². The smallest absolute Gasteiger partial charge is 0.378 e. The third kappa shape index (κ3) is 12.6. The molecule has 0 saturated carbocycles. The van der Waals surface area contributed by atoms with Crippen LogP contribution < -0.4 is 42.1 Å². The second kappa shape index (κ2) is 22.6. The van der Waals surface area contributed by atoms with Gasteiger partial charge in [-0.25, -0.2) is 48.7 Å². The zero-order chi connectivity index (χ0) is 53.5. The molecule has 2 aromatic carbocycles. The van der Waals surface area contributed by atoms with Gasteiger partial charge in [0.05, 0.1) is 79.5 Å². The van der Waals surface area contributed by atoms with Crippen LogP contribution in [-0.4, -0.2) is 108 Å². The van der Waals surface area contributed by atoms with E-state index in [4.69, 9.17) is 21.1 Å². The van der Waals surface area contributed by atoms with Crippen LogP contribution in [-0.2, 0) is 15.7 Å². The number of pyridine rings is 2. The van der Waals surface area contributed by atoms with Crippen LogP contribution in [0.5, 0.6) is 0 Å². The molecule has 0 bridgehead atoms. The lowest BCUT2D eigenvalue weighted by Gasteiger charge is -2.33. The fraction of sp³-hybridized carbons (Fsp3) is 0.184. The molecular weight excluding hydrogens is 1040 g/mol. The highest BCUT2D eigenvalue weighted by Crippen LogP contribution is 2.36. The highest BCUT2D eigenvalue weighted by molar-refractivity contribution is 6.31. The minimum Gasteiger partial charge on any atom is -0.378 e. The minimum absolute atomic E-state index is 0.00960. The van der Waals surface area contributed by atoms with Crippen molar-refractivity contribution in [2.24, 2.45) is 0 Å². The number of halogens is 6. The van der Waals surface area contributed by atoms with E-state index in [1.807, 2.05) is 0 Å². The molecule has 0 aliphatic carbocycles. The zero-order valence-corrected chi connectivity index (χ0v) is 40.5. The number of morpholine rings is 2. The molecule has 22 nitrogen and oxygen atoms in total. The van der Waals surface area contributed by atoms with E-state index in [0.717, 1.165) is 24.5 Å². The van der Waals surface area contributed by atoms with Gasteiger partial charge in [-0.2, -0.15) is 23.1 Å². The summed E-state index contributed by atoms with van der Waals surface area (Å²) < 4.78 is 82.6. The standard InChI is InChI=1S/C49H40ClF5N18O4/c50-31-12-28(14-35(16-31)65-33-2-4-39(59-21-33)45(74)68-70-47-60-22-36(51)43(66-47)72-5-8-76-9-6-72)40-17-41(63-26-62-40)42-24-73(7-10-77-42)44-37(52)23-61-48(67-44)71-69-46(75)38-3-1-32(20-58-38)64-34-13-27(29-18-56-25-57-19-29)11-30(15-34)49(53,54)55/h1-4,11-23,25-26,42,64-65H,5-10,24H2,(H,68,74)(H,69,75)(H,60,66,70)(H,61,67,71). The third-order valence-corrected chi connectivity index (χ3v) is 11.9. The summed E-state index contributed by atoms with van der Waals surface area (Å²) in [7, 11) is 0. The summed E-state index contributed by atoms with van der Waals surface area (Å²) >= 11 is 6.58. The maximum atomic E-state index is 15.4. The van der Waals surface area contributed by atoms with Crippen molar-refractivity contribution in [3.8, 4) is 22.4 Å². The van der Waals surface area contributed by atoms with Gasteiger partial charge in [-0.3, -0.25) is 31.3 Å². The molecule has 1 unspecified atom stereocenters. The van der Waals surface area contributed by atoms with E-state index in [0.29, 0.717) is 70.9 Å². The number of benzene rings is 2. The van der Waals surface area contributed by atoms with E-state index in [1.165, 1.54) is 61.7 Å². The summed E-state index contributed by atoms with van der Waals surface area (Å²) in [4.78, 5) is 70.8. The average Bonchev–Trinajstić information content (AvgIpc) is 3.45. The zero-order valence-electron chi connectivity index (χ0n) is 39.8. The molecule has 2 amide bonds. The summed E-state index contributed by atoms with van der Waals surface area (Å²) in [6, 6.07) is 16.3. The maximum Gasteiger partial charge on any atom is 0.416 e. The minimum atomic E-state index is -4.63. The second-order valence-corrected chi connectivity index (χ2v) is 17.3. The number of alkyl halides is 3.